The number of rotatable bonds is 2. The quantitative estimate of drug-likeness (QED) is 0.803. The van der Waals surface area contributed by atoms with Gasteiger partial charge in [-0.3, -0.25) is 4.68 Å². The molecule has 1 aromatic rings. The molecule has 2 rings (SSSR count). The van der Waals surface area contributed by atoms with Gasteiger partial charge in [0.2, 0.25) is 0 Å². The molecular formula is C11H20N4. The summed E-state index contributed by atoms with van der Waals surface area (Å²) in [5, 5.41) is 7.83. The van der Waals surface area contributed by atoms with Crippen LogP contribution < -0.4 is 5.73 Å². The third-order valence-corrected chi connectivity index (χ3v) is 3.58. The minimum absolute atomic E-state index is 0.104. The van der Waals surface area contributed by atoms with Crippen LogP contribution >= 0.6 is 0 Å². The van der Waals surface area contributed by atoms with E-state index in [0.29, 0.717) is 5.92 Å². The lowest BCUT2D eigenvalue weighted by Crippen LogP contribution is -2.27. The lowest BCUT2D eigenvalue weighted by molar-refractivity contribution is 0.243. The fourth-order valence-corrected chi connectivity index (χ4v) is 2.65. The summed E-state index contributed by atoms with van der Waals surface area (Å²) >= 11 is 0. The van der Waals surface area contributed by atoms with E-state index in [1.54, 1.807) is 10.9 Å². The highest BCUT2D eigenvalue weighted by Gasteiger charge is 2.26. The summed E-state index contributed by atoms with van der Waals surface area (Å²) < 4.78 is 1.80. The van der Waals surface area contributed by atoms with E-state index in [-0.39, 0.29) is 6.04 Å². The highest BCUT2D eigenvalue weighted by Crippen LogP contribution is 2.35. The van der Waals surface area contributed by atoms with E-state index in [2.05, 4.69) is 17.2 Å². The summed E-state index contributed by atoms with van der Waals surface area (Å²) in [6, 6.07) is 0.104. The van der Waals surface area contributed by atoms with Gasteiger partial charge in [0.15, 0.2) is 0 Å². The second-order valence-electron chi connectivity index (χ2n) is 4.84. The molecule has 1 fully saturated rings. The first-order valence-electron chi connectivity index (χ1n) is 5.78. The van der Waals surface area contributed by atoms with Crippen molar-refractivity contribution in [3.05, 3.63) is 11.9 Å². The van der Waals surface area contributed by atoms with Crippen molar-refractivity contribution in [1.82, 2.24) is 15.0 Å². The van der Waals surface area contributed by atoms with Gasteiger partial charge in [0.05, 0.1) is 17.9 Å². The Morgan fingerprint density at radius 2 is 2.33 bits per heavy atom. The average Bonchev–Trinajstić information content (AvgIpc) is 2.63. The van der Waals surface area contributed by atoms with Gasteiger partial charge < -0.3 is 5.73 Å². The van der Waals surface area contributed by atoms with Crippen LogP contribution in [0.2, 0.25) is 0 Å². The van der Waals surface area contributed by atoms with E-state index >= 15 is 0 Å². The number of aryl methyl sites for hydroxylation is 1. The van der Waals surface area contributed by atoms with E-state index < -0.39 is 0 Å². The molecule has 15 heavy (non-hydrogen) atoms. The Bertz CT molecular complexity index is 320. The number of nitrogens with zero attached hydrogens (tertiary/aromatic N) is 3. The molecule has 3 unspecified atom stereocenters. The normalized spacial score (nSPS) is 29.0. The molecule has 4 heteroatoms. The third-order valence-electron chi connectivity index (χ3n) is 3.58. The Balaban J connectivity index is 2.07. The molecule has 0 saturated heterocycles. The molecule has 0 radical (unpaired) electrons. The standard InChI is InChI=1S/C11H20N4/c1-8-4-3-5-9(6-8)11(12)10-7-13-14-15(10)2/h7-9,11H,3-6,12H2,1-2H3. The maximum Gasteiger partial charge on any atom is 0.0753 e. The Kier molecular flexibility index (Phi) is 3.05. The van der Waals surface area contributed by atoms with E-state index in [4.69, 9.17) is 5.73 Å². The fourth-order valence-electron chi connectivity index (χ4n) is 2.65. The van der Waals surface area contributed by atoms with Crippen LogP contribution in [0.5, 0.6) is 0 Å². The van der Waals surface area contributed by atoms with Crippen LogP contribution in [-0.2, 0) is 7.05 Å². The second kappa shape index (κ2) is 4.31. The summed E-state index contributed by atoms with van der Waals surface area (Å²) in [5.74, 6) is 1.42. The number of aromatic nitrogens is 3. The molecule has 1 saturated carbocycles. The van der Waals surface area contributed by atoms with Crippen molar-refractivity contribution in [3.8, 4) is 0 Å². The molecule has 1 heterocycles. The van der Waals surface area contributed by atoms with Gasteiger partial charge >= 0.3 is 0 Å². The summed E-state index contributed by atoms with van der Waals surface area (Å²) in [5.41, 5.74) is 7.34. The van der Waals surface area contributed by atoms with Crippen LogP contribution in [0.15, 0.2) is 6.20 Å². The lowest BCUT2D eigenvalue weighted by Gasteiger charge is -2.30. The van der Waals surface area contributed by atoms with E-state index in [1.807, 2.05) is 7.05 Å². The average molecular weight is 208 g/mol. The molecule has 0 aromatic carbocycles. The molecule has 0 aliphatic heterocycles. The minimum Gasteiger partial charge on any atom is -0.322 e. The fraction of sp³-hybridized carbons (Fsp3) is 0.818. The molecule has 2 N–H and O–H groups in total. The number of nitrogens with two attached hydrogens (primary N) is 1. The van der Waals surface area contributed by atoms with Crippen LogP contribution in [-0.4, -0.2) is 15.0 Å². The molecule has 0 bridgehead atoms. The van der Waals surface area contributed by atoms with Gasteiger partial charge in [-0.1, -0.05) is 25.0 Å². The minimum atomic E-state index is 0.104. The van der Waals surface area contributed by atoms with Gasteiger partial charge in [0.25, 0.3) is 0 Å². The first kappa shape index (κ1) is 10.6. The zero-order valence-electron chi connectivity index (χ0n) is 9.56. The Labute approximate surface area is 90.8 Å². The van der Waals surface area contributed by atoms with Crippen molar-refractivity contribution in [2.45, 2.75) is 38.6 Å². The first-order chi connectivity index (χ1) is 7.18. The zero-order chi connectivity index (χ0) is 10.8. The van der Waals surface area contributed by atoms with Crippen molar-refractivity contribution in [3.63, 3.8) is 0 Å². The van der Waals surface area contributed by atoms with Crippen LogP contribution in [0, 0.1) is 11.8 Å². The molecule has 0 spiro atoms. The van der Waals surface area contributed by atoms with Crippen LogP contribution in [0.25, 0.3) is 0 Å². The Morgan fingerprint density at radius 1 is 1.53 bits per heavy atom. The van der Waals surface area contributed by atoms with Crippen LogP contribution in [0.3, 0.4) is 0 Å². The van der Waals surface area contributed by atoms with Gasteiger partial charge in [0.1, 0.15) is 0 Å². The molecule has 1 aromatic heterocycles. The van der Waals surface area contributed by atoms with Crippen molar-refractivity contribution in [2.75, 3.05) is 0 Å². The predicted molar refractivity (Wildman–Crippen MR) is 59.1 cm³/mol. The zero-order valence-corrected chi connectivity index (χ0v) is 9.56. The number of hydrogen-bond acceptors (Lipinski definition) is 3. The van der Waals surface area contributed by atoms with Crippen molar-refractivity contribution in [1.29, 1.82) is 0 Å². The summed E-state index contributed by atoms with van der Waals surface area (Å²) in [4.78, 5) is 0. The molecule has 1 aliphatic carbocycles. The van der Waals surface area contributed by atoms with Gasteiger partial charge in [0, 0.05) is 7.05 Å². The topological polar surface area (TPSA) is 56.7 Å². The second-order valence-corrected chi connectivity index (χ2v) is 4.84. The third kappa shape index (κ3) is 2.20. The first-order valence-corrected chi connectivity index (χ1v) is 5.78. The predicted octanol–water partition coefficient (Wildman–Crippen LogP) is 1.64. The molecular weight excluding hydrogens is 188 g/mol. The molecule has 84 valence electrons. The lowest BCUT2D eigenvalue weighted by atomic mass is 9.78. The summed E-state index contributed by atoms with van der Waals surface area (Å²) in [6.45, 7) is 2.32. The largest absolute Gasteiger partial charge is 0.322 e. The summed E-state index contributed by atoms with van der Waals surface area (Å²) in [6.07, 6.45) is 6.95. The Hall–Kier alpha value is -0.900. The maximum absolute atomic E-state index is 6.28. The van der Waals surface area contributed by atoms with Crippen LogP contribution in [0.4, 0.5) is 0 Å². The Morgan fingerprint density at radius 3 is 2.93 bits per heavy atom. The SMILES string of the molecule is CC1CCCC(C(N)c2cnnn2C)C1. The highest BCUT2D eigenvalue weighted by atomic mass is 15.4. The van der Waals surface area contributed by atoms with E-state index in [0.717, 1.165) is 11.6 Å². The van der Waals surface area contributed by atoms with Gasteiger partial charge in [-0.15, -0.1) is 5.10 Å². The van der Waals surface area contributed by atoms with Gasteiger partial charge in [-0.25, -0.2) is 0 Å². The summed E-state index contributed by atoms with van der Waals surface area (Å²) in [7, 11) is 1.91. The molecule has 1 aliphatic rings. The molecule has 3 atom stereocenters. The molecule has 0 amide bonds. The smallest absolute Gasteiger partial charge is 0.0753 e. The highest BCUT2D eigenvalue weighted by molar-refractivity contribution is 5.03. The number of hydrogen-bond donors (Lipinski definition) is 1. The van der Waals surface area contributed by atoms with Crippen LogP contribution in [0.1, 0.15) is 44.3 Å². The van der Waals surface area contributed by atoms with Crippen molar-refractivity contribution >= 4 is 0 Å². The van der Waals surface area contributed by atoms with Crippen molar-refractivity contribution in [2.24, 2.45) is 24.6 Å². The molecule has 4 nitrogen and oxygen atoms in total. The van der Waals surface area contributed by atoms with Gasteiger partial charge in [-0.05, 0) is 24.7 Å². The van der Waals surface area contributed by atoms with Crippen molar-refractivity contribution < 1.29 is 0 Å². The van der Waals surface area contributed by atoms with E-state index in [1.165, 1.54) is 25.7 Å². The maximum atomic E-state index is 6.28. The van der Waals surface area contributed by atoms with E-state index in [9.17, 15) is 0 Å². The monoisotopic (exact) mass is 208 g/mol. The van der Waals surface area contributed by atoms with Gasteiger partial charge in [-0.2, -0.15) is 0 Å².